The van der Waals surface area contributed by atoms with Crippen molar-refractivity contribution < 1.29 is 9.72 Å². The van der Waals surface area contributed by atoms with Crippen LogP contribution < -0.4 is 0 Å². The molecule has 0 bridgehead atoms. The fourth-order valence-electron chi connectivity index (χ4n) is 3.05. The molecule has 1 aromatic heterocycles. The summed E-state index contributed by atoms with van der Waals surface area (Å²) in [6.45, 7) is 1.63. The van der Waals surface area contributed by atoms with E-state index in [2.05, 4.69) is 4.98 Å². The van der Waals surface area contributed by atoms with Crippen LogP contribution in [0.3, 0.4) is 0 Å². The van der Waals surface area contributed by atoms with E-state index in [-0.39, 0.29) is 17.3 Å². The number of thioether (sulfide) groups is 1. The molecule has 28 heavy (non-hydrogen) atoms. The molecule has 3 aromatic rings. The van der Waals surface area contributed by atoms with Gasteiger partial charge in [0.15, 0.2) is 5.82 Å². The van der Waals surface area contributed by atoms with Crippen LogP contribution in [0.15, 0.2) is 78.0 Å². The maximum atomic E-state index is 13.5. The minimum atomic E-state index is -0.595. The number of para-hydroxylation sites is 1. The summed E-state index contributed by atoms with van der Waals surface area (Å²) in [5.41, 5.74) is 0.828. The lowest BCUT2D eigenvalue weighted by molar-refractivity contribution is -0.487. The van der Waals surface area contributed by atoms with Crippen LogP contribution in [0.4, 0.5) is 0 Å². The van der Waals surface area contributed by atoms with E-state index < -0.39 is 11.2 Å². The molecule has 6 nitrogen and oxygen atoms in total. The first-order chi connectivity index (χ1) is 13.6. The quantitative estimate of drug-likeness (QED) is 0.230. The Kier molecular flexibility index (Phi) is 6.60. The second-order valence-corrected chi connectivity index (χ2v) is 7.57. The van der Waals surface area contributed by atoms with Gasteiger partial charge in [0.1, 0.15) is 0 Å². The molecular formula is C21H21N3O3S. The van der Waals surface area contributed by atoms with Crippen molar-refractivity contribution in [2.75, 3.05) is 6.54 Å². The standard InChI is InChI=1S/C21H21N3O3S/c1-2-16(15-24(26)27)20(28-18-11-7-4-8-12-18)19(25)21-22-13-14-23(21)17-9-5-3-6-10-17/h3-14,16,20H,2,15H2,1H3/t16-,20-/m0/s1. The molecule has 0 radical (unpaired) electrons. The van der Waals surface area contributed by atoms with E-state index in [0.29, 0.717) is 12.2 Å². The molecule has 0 N–H and O–H groups in total. The van der Waals surface area contributed by atoms with E-state index in [4.69, 9.17) is 0 Å². The topological polar surface area (TPSA) is 78.0 Å². The number of benzene rings is 2. The Morgan fingerprint density at radius 2 is 1.79 bits per heavy atom. The van der Waals surface area contributed by atoms with Gasteiger partial charge < -0.3 is 0 Å². The van der Waals surface area contributed by atoms with Gasteiger partial charge in [-0.3, -0.25) is 19.5 Å². The molecule has 0 saturated heterocycles. The van der Waals surface area contributed by atoms with E-state index >= 15 is 0 Å². The number of hydrogen-bond acceptors (Lipinski definition) is 5. The van der Waals surface area contributed by atoms with Crippen molar-refractivity contribution in [3.05, 3.63) is 89.0 Å². The molecule has 2 aromatic carbocycles. The fraction of sp³-hybridized carbons (Fsp3) is 0.238. The number of carbonyl (C=O) groups is 1. The molecule has 1 heterocycles. The lowest BCUT2D eigenvalue weighted by atomic mass is 9.98. The van der Waals surface area contributed by atoms with Crippen LogP contribution in [0.2, 0.25) is 0 Å². The molecule has 0 amide bonds. The molecule has 0 aliphatic heterocycles. The smallest absolute Gasteiger partial charge is 0.212 e. The molecule has 144 valence electrons. The van der Waals surface area contributed by atoms with E-state index in [1.165, 1.54) is 11.8 Å². The summed E-state index contributed by atoms with van der Waals surface area (Å²) in [5.74, 6) is -0.300. The Balaban J connectivity index is 1.97. The molecule has 0 saturated carbocycles. The van der Waals surface area contributed by atoms with Crippen molar-refractivity contribution in [2.24, 2.45) is 5.92 Å². The first-order valence-electron chi connectivity index (χ1n) is 9.06. The van der Waals surface area contributed by atoms with E-state index in [1.807, 2.05) is 67.6 Å². The van der Waals surface area contributed by atoms with Crippen LogP contribution in [-0.4, -0.2) is 32.1 Å². The third-order valence-electron chi connectivity index (χ3n) is 4.50. The fourth-order valence-corrected chi connectivity index (χ4v) is 4.34. The van der Waals surface area contributed by atoms with Gasteiger partial charge in [-0.25, -0.2) is 4.98 Å². The molecule has 0 spiro atoms. The average molecular weight is 395 g/mol. The van der Waals surface area contributed by atoms with Crippen LogP contribution in [-0.2, 0) is 0 Å². The first-order valence-corrected chi connectivity index (χ1v) is 9.94. The molecule has 0 unspecified atom stereocenters. The number of imidazole rings is 1. The highest BCUT2D eigenvalue weighted by molar-refractivity contribution is 8.00. The number of ketones is 1. The number of Topliss-reactive ketones (excluding diaryl/α,β-unsaturated/α-hetero) is 1. The molecule has 0 fully saturated rings. The Labute approximate surface area is 167 Å². The molecule has 0 aliphatic rings. The summed E-state index contributed by atoms with van der Waals surface area (Å²) in [5, 5.41) is 10.6. The number of rotatable bonds is 9. The van der Waals surface area contributed by atoms with Gasteiger partial charge >= 0.3 is 0 Å². The lowest BCUT2D eigenvalue weighted by Crippen LogP contribution is -2.33. The van der Waals surface area contributed by atoms with Crippen molar-refractivity contribution in [1.29, 1.82) is 0 Å². The zero-order chi connectivity index (χ0) is 19.9. The third-order valence-corrected chi connectivity index (χ3v) is 5.89. The molecule has 3 rings (SSSR count). The van der Waals surface area contributed by atoms with Gasteiger partial charge in [-0.1, -0.05) is 43.3 Å². The lowest BCUT2D eigenvalue weighted by Gasteiger charge is -2.22. The van der Waals surface area contributed by atoms with Crippen molar-refractivity contribution in [3.8, 4) is 5.69 Å². The predicted molar refractivity (Wildman–Crippen MR) is 110 cm³/mol. The van der Waals surface area contributed by atoms with Crippen LogP contribution >= 0.6 is 11.8 Å². The van der Waals surface area contributed by atoms with Crippen molar-refractivity contribution in [3.63, 3.8) is 0 Å². The number of nitro groups is 1. The number of hydrogen-bond donors (Lipinski definition) is 0. The van der Waals surface area contributed by atoms with Gasteiger partial charge in [0, 0.05) is 33.8 Å². The molecular weight excluding hydrogens is 374 g/mol. The van der Waals surface area contributed by atoms with Crippen LogP contribution in [0.25, 0.3) is 5.69 Å². The number of aromatic nitrogens is 2. The highest BCUT2D eigenvalue weighted by Crippen LogP contribution is 2.32. The van der Waals surface area contributed by atoms with Crippen LogP contribution in [0.5, 0.6) is 0 Å². The van der Waals surface area contributed by atoms with Gasteiger partial charge in [0.2, 0.25) is 12.3 Å². The third kappa shape index (κ3) is 4.67. The van der Waals surface area contributed by atoms with Gasteiger partial charge in [-0.2, -0.15) is 0 Å². The first kappa shape index (κ1) is 19.8. The SMILES string of the molecule is CC[C@@H](C[N+](=O)[O-])[C@H](Sc1ccccc1)C(=O)c1nccn1-c1ccccc1. The summed E-state index contributed by atoms with van der Waals surface area (Å²) in [4.78, 5) is 29.5. The maximum Gasteiger partial charge on any atom is 0.212 e. The van der Waals surface area contributed by atoms with Crippen molar-refractivity contribution in [1.82, 2.24) is 9.55 Å². The Morgan fingerprint density at radius 1 is 1.14 bits per heavy atom. The summed E-state index contributed by atoms with van der Waals surface area (Å²) < 4.78 is 1.74. The Morgan fingerprint density at radius 3 is 2.39 bits per heavy atom. The molecule has 0 aliphatic carbocycles. The summed E-state index contributed by atoms with van der Waals surface area (Å²) in [6, 6.07) is 19.0. The van der Waals surface area contributed by atoms with Crippen molar-refractivity contribution in [2.45, 2.75) is 23.5 Å². The molecule has 7 heteroatoms. The number of nitrogens with zero attached hydrogens (tertiary/aromatic N) is 3. The van der Waals surface area contributed by atoms with E-state index in [0.717, 1.165) is 10.6 Å². The van der Waals surface area contributed by atoms with E-state index in [9.17, 15) is 14.9 Å². The van der Waals surface area contributed by atoms with Gasteiger partial charge in [-0.05, 0) is 30.7 Å². The van der Waals surface area contributed by atoms with Gasteiger partial charge in [0.25, 0.3) is 0 Å². The maximum absolute atomic E-state index is 13.5. The minimum Gasteiger partial charge on any atom is -0.297 e. The molecule has 2 atom stereocenters. The van der Waals surface area contributed by atoms with Gasteiger partial charge in [-0.15, -0.1) is 11.8 Å². The second kappa shape index (κ2) is 9.32. The largest absolute Gasteiger partial charge is 0.297 e. The predicted octanol–water partition coefficient (Wildman–Crippen LogP) is 4.52. The summed E-state index contributed by atoms with van der Waals surface area (Å²) >= 11 is 1.37. The normalized spacial score (nSPS) is 13.0. The zero-order valence-corrected chi connectivity index (χ0v) is 16.3. The summed E-state index contributed by atoms with van der Waals surface area (Å²) in [7, 11) is 0. The highest BCUT2D eigenvalue weighted by atomic mass is 32.2. The van der Waals surface area contributed by atoms with Crippen LogP contribution in [0, 0.1) is 16.0 Å². The second-order valence-electron chi connectivity index (χ2n) is 6.36. The van der Waals surface area contributed by atoms with Crippen molar-refractivity contribution >= 4 is 17.5 Å². The average Bonchev–Trinajstić information content (AvgIpc) is 3.21. The Bertz CT molecular complexity index is 928. The number of carbonyl (C=O) groups excluding carboxylic acids is 1. The zero-order valence-electron chi connectivity index (χ0n) is 15.5. The monoisotopic (exact) mass is 395 g/mol. The van der Waals surface area contributed by atoms with Gasteiger partial charge in [0.05, 0.1) is 5.25 Å². The highest BCUT2D eigenvalue weighted by Gasteiger charge is 2.34. The van der Waals surface area contributed by atoms with E-state index in [1.54, 1.807) is 17.0 Å². The summed E-state index contributed by atoms with van der Waals surface area (Å²) in [6.07, 6.45) is 3.85. The Hall–Kier alpha value is -2.93. The van der Waals surface area contributed by atoms with Crippen LogP contribution in [0.1, 0.15) is 24.0 Å². The minimum absolute atomic E-state index is 0.198.